The minimum Gasteiger partial charge on any atom is -0.497 e. The molecule has 0 amide bonds. The molecule has 0 saturated heterocycles. The number of hydrogen-bond donors (Lipinski definition) is 0. The van der Waals surface area contributed by atoms with Gasteiger partial charge in [0.2, 0.25) is 0 Å². The summed E-state index contributed by atoms with van der Waals surface area (Å²) in [7, 11) is 3.38. The highest BCUT2D eigenvalue weighted by Gasteiger charge is 2.26. The quantitative estimate of drug-likeness (QED) is 0.148. The van der Waals surface area contributed by atoms with Crippen molar-refractivity contribution in [1.29, 1.82) is 0 Å². The van der Waals surface area contributed by atoms with E-state index in [1.165, 1.54) is 22.3 Å². The molecule has 4 aromatic carbocycles. The highest BCUT2D eigenvalue weighted by molar-refractivity contribution is 9.09. The fraction of sp³-hybridized carbons (Fsp3) is 0.250. The van der Waals surface area contributed by atoms with E-state index in [0.717, 1.165) is 46.1 Å². The van der Waals surface area contributed by atoms with Crippen molar-refractivity contribution >= 4 is 31.9 Å². The van der Waals surface area contributed by atoms with E-state index in [4.69, 9.17) is 14.2 Å². The fourth-order valence-corrected chi connectivity index (χ4v) is 5.45. The number of alkyl halides is 2. The number of aryl methyl sites for hydroxylation is 2. The van der Waals surface area contributed by atoms with Gasteiger partial charge in [-0.2, -0.15) is 0 Å². The standard InChI is InChI=1S/C32H32Br2O3/c1-35-27-15-11-25(12-16-27)31(29-9-5-3-7-23(29)19-21-33)37-32(26-13-17-28(36-2)18-14-26)30-10-6-4-8-24(30)20-22-34/h3-18,31-32H,19-22H2,1-2H3. The summed E-state index contributed by atoms with van der Waals surface area (Å²) >= 11 is 7.27. The zero-order valence-electron chi connectivity index (χ0n) is 21.2. The Morgan fingerprint density at radius 1 is 0.541 bits per heavy atom. The molecule has 4 aromatic rings. The lowest BCUT2D eigenvalue weighted by Crippen LogP contribution is -2.16. The summed E-state index contributed by atoms with van der Waals surface area (Å²) in [5.41, 5.74) is 7.04. The Kier molecular flexibility index (Phi) is 10.2. The van der Waals surface area contributed by atoms with E-state index in [9.17, 15) is 0 Å². The van der Waals surface area contributed by atoms with Crippen LogP contribution in [0.5, 0.6) is 11.5 Å². The molecule has 0 heterocycles. The molecule has 37 heavy (non-hydrogen) atoms. The zero-order chi connectivity index (χ0) is 26.0. The molecule has 0 radical (unpaired) electrons. The Morgan fingerprint density at radius 3 is 1.27 bits per heavy atom. The second kappa shape index (κ2) is 13.8. The summed E-state index contributed by atoms with van der Waals surface area (Å²) in [5.74, 6) is 1.65. The minimum atomic E-state index is -0.273. The first kappa shape index (κ1) is 27.4. The first-order valence-corrected chi connectivity index (χ1v) is 14.6. The maximum Gasteiger partial charge on any atom is 0.118 e. The third kappa shape index (κ3) is 6.84. The van der Waals surface area contributed by atoms with E-state index in [0.29, 0.717) is 0 Å². The molecule has 0 aliphatic rings. The van der Waals surface area contributed by atoms with Crippen LogP contribution in [-0.4, -0.2) is 24.9 Å². The van der Waals surface area contributed by atoms with E-state index in [2.05, 4.69) is 105 Å². The van der Waals surface area contributed by atoms with Gasteiger partial charge in [0.05, 0.1) is 14.2 Å². The molecule has 0 aromatic heterocycles. The monoisotopic (exact) mass is 622 g/mol. The average Bonchev–Trinajstić information content (AvgIpc) is 2.95. The van der Waals surface area contributed by atoms with Crippen LogP contribution in [0, 0.1) is 0 Å². The fourth-order valence-electron chi connectivity index (χ4n) is 4.60. The summed E-state index contributed by atoms with van der Waals surface area (Å²) in [6.45, 7) is 0. The van der Waals surface area contributed by atoms with Crippen LogP contribution in [0.3, 0.4) is 0 Å². The molecule has 2 atom stereocenters. The highest BCUT2D eigenvalue weighted by atomic mass is 79.9. The molecular weight excluding hydrogens is 592 g/mol. The van der Waals surface area contributed by atoms with E-state index < -0.39 is 0 Å². The van der Waals surface area contributed by atoms with Gasteiger partial charge in [-0.3, -0.25) is 0 Å². The largest absolute Gasteiger partial charge is 0.497 e. The topological polar surface area (TPSA) is 27.7 Å². The number of ether oxygens (including phenoxy) is 3. The Hall–Kier alpha value is -2.60. The molecular formula is C32H32Br2O3. The van der Waals surface area contributed by atoms with Crippen LogP contribution in [0.15, 0.2) is 97.1 Å². The van der Waals surface area contributed by atoms with Gasteiger partial charge in [-0.25, -0.2) is 0 Å². The molecule has 0 spiro atoms. The van der Waals surface area contributed by atoms with Gasteiger partial charge in [0.25, 0.3) is 0 Å². The molecule has 0 aliphatic heterocycles. The SMILES string of the molecule is COc1ccc(C(OC(c2ccc(OC)cc2)c2ccccc2CCBr)c2ccccc2CCBr)cc1. The molecule has 0 N–H and O–H groups in total. The second-order valence-electron chi connectivity index (χ2n) is 8.72. The third-order valence-electron chi connectivity index (χ3n) is 6.51. The summed E-state index contributed by atoms with van der Waals surface area (Å²) in [5, 5.41) is 1.77. The lowest BCUT2D eigenvalue weighted by molar-refractivity contribution is 0.0299. The predicted molar refractivity (Wildman–Crippen MR) is 159 cm³/mol. The van der Waals surface area contributed by atoms with E-state index in [1.807, 2.05) is 24.3 Å². The molecule has 4 rings (SSSR count). The van der Waals surface area contributed by atoms with Gasteiger partial charge in [0.15, 0.2) is 0 Å². The van der Waals surface area contributed by atoms with E-state index in [-0.39, 0.29) is 12.2 Å². The molecule has 3 nitrogen and oxygen atoms in total. The molecule has 2 unspecified atom stereocenters. The van der Waals surface area contributed by atoms with Gasteiger partial charge in [-0.15, -0.1) is 0 Å². The van der Waals surface area contributed by atoms with Crippen LogP contribution < -0.4 is 9.47 Å². The first-order valence-electron chi connectivity index (χ1n) is 12.4. The van der Waals surface area contributed by atoms with Gasteiger partial charge in [0.1, 0.15) is 23.7 Å². The van der Waals surface area contributed by atoms with Crippen LogP contribution in [0.1, 0.15) is 45.6 Å². The van der Waals surface area contributed by atoms with Crippen molar-refractivity contribution in [2.45, 2.75) is 25.0 Å². The van der Waals surface area contributed by atoms with Gasteiger partial charge in [0, 0.05) is 10.7 Å². The van der Waals surface area contributed by atoms with Crippen molar-refractivity contribution in [3.05, 3.63) is 130 Å². The minimum absolute atomic E-state index is 0.273. The Bertz CT molecular complexity index is 1160. The van der Waals surface area contributed by atoms with Gasteiger partial charge < -0.3 is 14.2 Å². The van der Waals surface area contributed by atoms with E-state index in [1.54, 1.807) is 14.2 Å². The Morgan fingerprint density at radius 2 is 0.919 bits per heavy atom. The number of hydrogen-bond acceptors (Lipinski definition) is 3. The summed E-state index contributed by atoms with van der Waals surface area (Å²) in [4.78, 5) is 0. The van der Waals surface area contributed by atoms with Crippen LogP contribution in [-0.2, 0) is 17.6 Å². The first-order chi connectivity index (χ1) is 18.2. The Labute approximate surface area is 237 Å². The normalized spacial score (nSPS) is 12.6. The van der Waals surface area contributed by atoms with Gasteiger partial charge >= 0.3 is 0 Å². The summed E-state index contributed by atoms with van der Waals surface area (Å²) < 4.78 is 18.1. The number of benzene rings is 4. The van der Waals surface area contributed by atoms with Crippen molar-refractivity contribution in [2.24, 2.45) is 0 Å². The van der Waals surface area contributed by atoms with E-state index >= 15 is 0 Å². The van der Waals surface area contributed by atoms with Crippen molar-refractivity contribution in [3.63, 3.8) is 0 Å². The number of methoxy groups -OCH3 is 2. The molecule has 0 aliphatic carbocycles. The maximum absolute atomic E-state index is 7.20. The lowest BCUT2D eigenvalue weighted by Gasteiger charge is -2.29. The van der Waals surface area contributed by atoms with Gasteiger partial charge in [-0.05, 0) is 70.5 Å². The van der Waals surface area contributed by atoms with Crippen LogP contribution in [0.25, 0.3) is 0 Å². The van der Waals surface area contributed by atoms with Crippen LogP contribution >= 0.6 is 31.9 Å². The van der Waals surface area contributed by atoms with Crippen molar-refractivity contribution < 1.29 is 14.2 Å². The summed E-state index contributed by atoms with van der Waals surface area (Å²) in [6, 6.07) is 33.5. The predicted octanol–water partition coefficient (Wildman–Crippen LogP) is 8.47. The molecule has 0 fully saturated rings. The second-order valence-corrected chi connectivity index (χ2v) is 10.3. The number of halogens is 2. The molecule has 0 bridgehead atoms. The zero-order valence-corrected chi connectivity index (χ0v) is 24.4. The van der Waals surface area contributed by atoms with Crippen molar-refractivity contribution in [1.82, 2.24) is 0 Å². The third-order valence-corrected chi connectivity index (χ3v) is 7.31. The van der Waals surface area contributed by atoms with Crippen LogP contribution in [0.2, 0.25) is 0 Å². The van der Waals surface area contributed by atoms with Crippen molar-refractivity contribution in [2.75, 3.05) is 24.9 Å². The highest BCUT2D eigenvalue weighted by Crippen LogP contribution is 2.39. The lowest BCUT2D eigenvalue weighted by atomic mass is 9.92. The molecule has 5 heteroatoms. The number of rotatable bonds is 12. The molecule has 192 valence electrons. The van der Waals surface area contributed by atoms with Gasteiger partial charge in [-0.1, -0.05) is 105 Å². The maximum atomic E-state index is 7.20. The van der Waals surface area contributed by atoms with Crippen LogP contribution in [0.4, 0.5) is 0 Å². The average molecular weight is 624 g/mol. The van der Waals surface area contributed by atoms with Crippen molar-refractivity contribution in [3.8, 4) is 11.5 Å². The Balaban J connectivity index is 1.86. The molecule has 0 saturated carbocycles. The smallest absolute Gasteiger partial charge is 0.118 e. The summed E-state index contributed by atoms with van der Waals surface area (Å²) in [6.07, 6.45) is 1.29.